The maximum absolute atomic E-state index is 14.5. The minimum absolute atomic E-state index is 0.0825. The number of carbonyl (C=O) groups excluding carboxylic acids is 2. The second-order valence-corrected chi connectivity index (χ2v) is 12.3. The van der Waals surface area contributed by atoms with Gasteiger partial charge in [-0.1, -0.05) is 26.0 Å². The molecular formula is C28H34F12O6. The second-order valence-electron chi connectivity index (χ2n) is 12.3. The molecule has 1 rings (SSSR count). The summed E-state index contributed by atoms with van der Waals surface area (Å²) in [6.07, 6.45) is -26.7. The monoisotopic (exact) mass is 694 g/mol. The van der Waals surface area contributed by atoms with Crippen molar-refractivity contribution in [1.82, 2.24) is 0 Å². The van der Waals surface area contributed by atoms with Gasteiger partial charge >= 0.3 is 36.6 Å². The van der Waals surface area contributed by atoms with E-state index in [1.807, 2.05) is 0 Å². The van der Waals surface area contributed by atoms with Crippen LogP contribution < -0.4 is 0 Å². The van der Waals surface area contributed by atoms with Gasteiger partial charge in [0.1, 0.15) is 24.4 Å². The van der Waals surface area contributed by atoms with Crippen LogP contribution in [-0.2, 0) is 39.7 Å². The molecule has 0 heterocycles. The van der Waals surface area contributed by atoms with Crippen molar-refractivity contribution in [3.05, 3.63) is 34.9 Å². The zero-order valence-electron chi connectivity index (χ0n) is 25.9. The summed E-state index contributed by atoms with van der Waals surface area (Å²) in [5.74, 6) is -4.75. The zero-order chi connectivity index (χ0) is 36.5. The van der Waals surface area contributed by atoms with E-state index >= 15 is 0 Å². The predicted octanol–water partition coefficient (Wildman–Crippen LogP) is 8.56. The number of rotatable bonds is 10. The molecule has 0 aliphatic heterocycles. The molecule has 6 nitrogen and oxygen atoms in total. The smallest absolute Gasteiger partial charge is 0.430 e. The molecule has 1 unspecified atom stereocenters. The van der Waals surface area contributed by atoms with Crippen LogP contribution in [0.4, 0.5) is 52.7 Å². The largest absolute Gasteiger partial charge is 0.458 e. The molecule has 0 fully saturated rings. The minimum Gasteiger partial charge on any atom is -0.458 e. The zero-order valence-corrected chi connectivity index (χ0v) is 25.9. The lowest BCUT2D eigenvalue weighted by molar-refractivity contribution is -0.389. The first kappa shape index (κ1) is 41.3. The van der Waals surface area contributed by atoms with Crippen molar-refractivity contribution < 1.29 is 81.2 Å². The van der Waals surface area contributed by atoms with Crippen molar-refractivity contribution in [1.29, 1.82) is 0 Å². The molecule has 18 heteroatoms. The SMILES string of the molecule is CCC(C)c1cc(C(OCC(=O)OC(C)(C)C)(C(F)(F)F)C(F)(F)F)cc(C(OCC(=O)OC(C)(C)C)(C(F)(F)F)C(F)(F)F)c1. The highest BCUT2D eigenvalue weighted by Crippen LogP contribution is 2.57. The van der Waals surface area contributed by atoms with Gasteiger partial charge < -0.3 is 18.9 Å². The van der Waals surface area contributed by atoms with Gasteiger partial charge in [0.2, 0.25) is 0 Å². The first-order valence-corrected chi connectivity index (χ1v) is 13.4. The van der Waals surface area contributed by atoms with Crippen LogP contribution in [0.1, 0.15) is 84.4 Å². The Morgan fingerprint density at radius 1 is 0.587 bits per heavy atom. The van der Waals surface area contributed by atoms with Gasteiger partial charge in [-0.3, -0.25) is 0 Å². The quantitative estimate of drug-likeness (QED) is 0.181. The Balaban J connectivity index is 4.30. The summed E-state index contributed by atoms with van der Waals surface area (Å²) < 4.78 is 192. The van der Waals surface area contributed by atoms with E-state index in [2.05, 4.69) is 18.9 Å². The van der Waals surface area contributed by atoms with Crippen LogP contribution in [0.5, 0.6) is 0 Å². The van der Waals surface area contributed by atoms with E-state index in [4.69, 9.17) is 0 Å². The molecule has 0 bridgehead atoms. The number of hydrogen-bond donors (Lipinski definition) is 0. The Morgan fingerprint density at radius 2 is 0.870 bits per heavy atom. The molecule has 0 saturated carbocycles. The number of benzene rings is 1. The van der Waals surface area contributed by atoms with Crippen LogP contribution in [0.25, 0.3) is 0 Å². The average Bonchev–Trinajstić information content (AvgIpc) is 2.78. The van der Waals surface area contributed by atoms with Crippen LogP contribution in [0.3, 0.4) is 0 Å². The highest BCUT2D eigenvalue weighted by molar-refractivity contribution is 5.71. The van der Waals surface area contributed by atoms with Gasteiger partial charge in [-0.25, -0.2) is 9.59 Å². The highest BCUT2D eigenvalue weighted by atomic mass is 19.4. The summed E-state index contributed by atoms with van der Waals surface area (Å²) in [6, 6.07) is -0.504. The molecule has 1 aromatic rings. The topological polar surface area (TPSA) is 71.1 Å². The lowest BCUT2D eigenvalue weighted by atomic mass is 9.81. The highest BCUT2D eigenvalue weighted by Gasteiger charge is 2.76. The summed E-state index contributed by atoms with van der Waals surface area (Å²) >= 11 is 0. The maximum Gasteiger partial charge on any atom is 0.430 e. The first-order valence-electron chi connectivity index (χ1n) is 13.4. The van der Waals surface area contributed by atoms with Crippen LogP contribution in [0.2, 0.25) is 0 Å². The van der Waals surface area contributed by atoms with E-state index in [0.29, 0.717) is 0 Å². The van der Waals surface area contributed by atoms with E-state index in [1.165, 1.54) is 48.5 Å². The summed E-state index contributed by atoms with van der Waals surface area (Å²) in [6.45, 7) is 5.51. The molecule has 0 aliphatic rings. The van der Waals surface area contributed by atoms with Crippen molar-refractivity contribution in [2.45, 2.75) is 115 Å². The number of hydrogen-bond acceptors (Lipinski definition) is 6. The third-order valence-electron chi connectivity index (χ3n) is 6.20. The second kappa shape index (κ2) is 13.4. The van der Waals surface area contributed by atoms with E-state index in [0.717, 1.165) is 6.92 Å². The van der Waals surface area contributed by atoms with Crippen LogP contribution in [-0.4, -0.2) is 61.1 Å². The van der Waals surface area contributed by atoms with E-state index in [1.54, 1.807) is 0 Å². The molecule has 1 aromatic carbocycles. The lowest BCUT2D eigenvalue weighted by Crippen LogP contribution is -2.58. The first-order chi connectivity index (χ1) is 20.3. The summed E-state index contributed by atoms with van der Waals surface area (Å²) in [5.41, 5.74) is -19.6. The van der Waals surface area contributed by atoms with Gasteiger partial charge in [-0.05, 0) is 65.5 Å². The lowest BCUT2D eigenvalue weighted by Gasteiger charge is -2.40. The van der Waals surface area contributed by atoms with Crippen LogP contribution in [0, 0.1) is 0 Å². The fourth-order valence-corrected chi connectivity index (χ4v) is 4.12. The molecular weight excluding hydrogens is 660 g/mol. The number of esters is 2. The molecule has 0 amide bonds. The van der Waals surface area contributed by atoms with E-state index in [9.17, 15) is 62.3 Å². The summed E-state index contributed by atoms with van der Waals surface area (Å²) in [4.78, 5) is 24.2. The Kier molecular flexibility index (Phi) is 12.0. The fraction of sp³-hybridized carbons (Fsp3) is 0.714. The van der Waals surface area contributed by atoms with Crippen molar-refractivity contribution >= 4 is 11.9 Å². The molecule has 0 N–H and O–H groups in total. The normalized spacial score (nSPS) is 15.0. The molecule has 0 radical (unpaired) electrons. The van der Waals surface area contributed by atoms with E-state index < -0.39 is 101 Å². The number of alkyl halides is 12. The third-order valence-corrected chi connectivity index (χ3v) is 6.20. The van der Waals surface area contributed by atoms with Crippen molar-refractivity contribution in [3.63, 3.8) is 0 Å². The Bertz CT molecular complexity index is 1100. The molecule has 0 aliphatic carbocycles. The molecule has 266 valence electrons. The summed E-state index contributed by atoms with van der Waals surface area (Å²) in [5, 5.41) is 0. The number of halogens is 12. The Labute approximate surface area is 256 Å². The average molecular weight is 695 g/mol. The van der Waals surface area contributed by atoms with E-state index in [-0.39, 0.29) is 18.6 Å². The molecule has 0 spiro atoms. The van der Waals surface area contributed by atoms with Gasteiger partial charge in [0, 0.05) is 11.1 Å². The summed E-state index contributed by atoms with van der Waals surface area (Å²) in [7, 11) is 0. The van der Waals surface area contributed by atoms with Crippen LogP contribution in [0.15, 0.2) is 18.2 Å². The minimum atomic E-state index is -6.63. The standard InChI is InChI=1S/C28H34F12O6/c1-9-15(2)16-10-17(23(25(29,30)31,26(32,33)34)43-13-19(41)45-21(3,4)5)12-18(11-16)24(27(35,36)37,28(38,39)40)44-14-20(42)46-22(6,7)8/h10-12,15H,9,13-14H2,1-8H3. The van der Waals surface area contributed by atoms with Gasteiger partial charge in [0.15, 0.2) is 0 Å². The van der Waals surface area contributed by atoms with Crippen molar-refractivity contribution in [3.8, 4) is 0 Å². The molecule has 0 aromatic heterocycles. The Morgan fingerprint density at radius 3 is 1.09 bits per heavy atom. The van der Waals surface area contributed by atoms with Crippen molar-refractivity contribution in [2.24, 2.45) is 0 Å². The number of ether oxygens (including phenoxy) is 4. The Hall–Kier alpha value is -2.76. The van der Waals surface area contributed by atoms with Gasteiger partial charge in [0.25, 0.3) is 11.2 Å². The molecule has 1 atom stereocenters. The predicted molar refractivity (Wildman–Crippen MR) is 136 cm³/mol. The third kappa shape index (κ3) is 9.19. The number of carbonyl (C=O) groups is 2. The molecule has 0 saturated heterocycles. The van der Waals surface area contributed by atoms with Crippen molar-refractivity contribution in [2.75, 3.05) is 13.2 Å². The fourth-order valence-electron chi connectivity index (χ4n) is 4.12. The van der Waals surface area contributed by atoms with Gasteiger partial charge in [-0.15, -0.1) is 0 Å². The van der Waals surface area contributed by atoms with Gasteiger partial charge in [-0.2, -0.15) is 52.7 Å². The maximum atomic E-state index is 14.5. The van der Waals surface area contributed by atoms with Crippen LogP contribution >= 0.6 is 0 Å². The molecule has 46 heavy (non-hydrogen) atoms. The van der Waals surface area contributed by atoms with Gasteiger partial charge in [0.05, 0.1) is 0 Å².